The van der Waals surface area contributed by atoms with Crippen LogP contribution in [0.25, 0.3) is 11.3 Å². The molecule has 0 fully saturated rings. The van der Waals surface area contributed by atoms with E-state index in [1.165, 1.54) is 14.8 Å². The Hall–Kier alpha value is -0.840. The summed E-state index contributed by atoms with van der Waals surface area (Å²) in [5.74, 6) is 1.09. The van der Waals surface area contributed by atoms with Gasteiger partial charge in [0, 0.05) is 22.7 Å². The second-order valence-corrected chi connectivity index (χ2v) is 6.95. The Kier molecular flexibility index (Phi) is 4.80. The number of aromatic nitrogens is 1. The summed E-state index contributed by atoms with van der Waals surface area (Å²) in [6.45, 7) is 3.24. The Morgan fingerprint density at radius 2 is 1.94 bits per heavy atom. The average molecular weight is 278 g/mol. The van der Waals surface area contributed by atoms with E-state index < -0.39 is 0 Å². The topological polar surface area (TPSA) is 16.1 Å². The highest BCUT2D eigenvalue weighted by Gasteiger charge is 2.09. The molecule has 4 heteroatoms. The van der Waals surface area contributed by atoms with Gasteiger partial charge in [0.05, 0.1) is 5.69 Å². The average Bonchev–Trinajstić information content (AvgIpc) is 2.71. The number of hydrogen-bond donors (Lipinski definition) is 0. The van der Waals surface area contributed by atoms with Gasteiger partial charge >= 0.3 is 0 Å². The molecule has 0 aliphatic heterocycles. The Bertz CT molecular complexity index is 492. The van der Waals surface area contributed by atoms with Crippen molar-refractivity contribution in [3.05, 3.63) is 35.2 Å². The molecule has 0 aliphatic rings. The van der Waals surface area contributed by atoms with Crippen LogP contribution in [-0.4, -0.2) is 36.3 Å². The van der Waals surface area contributed by atoms with E-state index in [2.05, 4.69) is 50.2 Å². The van der Waals surface area contributed by atoms with Crippen LogP contribution in [0.2, 0.25) is 0 Å². The highest BCUT2D eigenvalue weighted by molar-refractivity contribution is 8.01. The standard InChI is InChI=1S/C14H18N2S2/c1-11-13(12-7-5-4-6-8-12)15-14(18-11)17-10-9-16(2)3/h4-8H,9-10H2,1-3H3. The van der Waals surface area contributed by atoms with E-state index in [1.54, 1.807) is 11.3 Å². The maximum atomic E-state index is 4.74. The van der Waals surface area contributed by atoms with Crippen molar-refractivity contribution in [3.8, 4) is 11.3 Å². The van der Waals surface area contributed by atoms with Crippen molar-refractivity contribution < 1.29 is 0 Å². The van der Waals surface area contributed by atoms with E-state index in [0.717, 1.165) is 18.0 Å². The summed E-state index contributed by atoms with van der Waals surface area (Å²) in [7, 11) is 4.20. The molecular formula is C14H18N2S2. The minimum absolute atomic E-state index is 1.09. The quantitative estimate of drug-likeness (QED) is 0.775. The third kappa shape index (κ3) is 3.57. The fourth-order valence-electron chi connectivity index (χ4n) is 1.61. The molecule has 1 heterocycles. The highest BCUT2D eigenvalue weighted by Crippen LogP contribution is 2.32. The monoisotopic (exact) mass is 278 g/mol. The molecule has 2 aromatic rings. The first-order chi connectivity index (χ1) is 8.66. The van der Waals surface area contributed by atoms with Gasteiger partial charge in [-0.3, -0.25) is 0 Å². The van der Waals surface area contributed by atoms with Crippen LogP contribution >= 0.6 is 23.1 Å². The number of nitrogens with zero attached hydrogens (tertiary/aromatic N) is 2. The normalized spacial score (nSPS) is 11.1. The van der Waals surface area contributed by atoms with Crippen LogP contribution in [0.4, 0.5) is 0 Å². The molecule has 0 bridgehead atoms. The SMILES string of the molecule is Cc1sc(SCCN(C)C)nc1-c1ccccc1. The number of aryl methyl sites for hydroxylation is 1. The molecule has 18 heavy (non-hydrogen) atoms. The van der Waals surface area contributed by atoms with E-state index in [4.69, 9.17) is 4.98 Å². The second kappa shape index (κ2) is 6.36. The van der Waals surface area contributed by atoms with Gasteiger partial charge in [-0.15, -0.1) is 11.3 Å². The summed E-state index contributed by atoms with van der Waals surface area (Å²) >= 11 is 3.64. The Morgan fingerprint density at radius 3 is 2.61 bits per heavy atom. The van der Waals surface area contributed by atoms with Gasteiger partial charge in [0.25, 0.3) is 0 Å². The van der Waals surface area contributed by atoms with E-state index in [9.17, 15) is 0 Å². The van der Waals surface area contributed by atoms with Gasteiger partial charge in [-0.1, -0.05) is 42.1 Å². The van der Waals surface area contributed by atoms with Crippen LogP contribution in [0, 0.1) is 6.92 Å². The maximum Gasteiger partial charge on any atom is 0.150 e. The van der Waals surface area contributed by atoms with Crippen LogP contribution in [0.5, 0.6) is 0 Å². The fraction of sp³-hybridized carbons (Fsp3) is 0.357. The number of rotatable bonds is 5. The minimum atomic E-state index is 1.09. The van der Waals surface area contributed by atoms with Crippen molar-refractivity contribution in [3.63, 3.8) is 0 Å². The summed E-state index contributed by atoms with van der Waals surface area (Å²) in [6.07, 6.45) is 0. The van der Waals surface area contributed by atoms with Crippen molar-refractivity contribution in [2.75, 3.05) is 26.4 Å². The smallest absolute Gasteiger partial charge is 0.150 e. The predicted molar refractivity (Wildman–Crippen MR) is 81.6 cm³/mol. The van der Waals surface area contributed by atoms with Gasteiger partial charge < -0.3 is 4.90 Å². The number of thiazole rings is 1. The van der Waals surface area contributed by atoms with Crippen LogP contribution in [0.1, 0.15) is 4.88 Å². The van der Waals surface area contributed by atoms with Crippen molar-refractivity contribution >= 4 is 23.1 Å². The van der Waals surface area contributed by atoms with Gasteiger partial charge in [-0.25, -0.2) is 4.98 Å². The largest absolute Gasteiger partial charge is 0.309 e. The Labute approximate surface area is 117 Å². The first kappa shape index (κ1) is 13.6. The molecule has 0 N–H and O–H groups in total. The van der Waals surface area contributed by atoms with E-state index >= 15 is 0 Å². The van der Waals surface area contributed by atoms with Gasteiger partial charge in [-0.05, 0) is 21.0 Å². The highest BCUT2D eigenvalue weighted by atomic mass is 32.2. The van der Waals surface area contributed by atoms with Crippen LogP contribution in [-0.2, 0) is 0 Å². The molecule has 0 atom stereocenters. The molecule has 0 spiro atoms. The second-order valence-electron chi connectivity index (χ2n) is 4.40. The first-order valence-electron chi connectivity index (χ1n) is 5.97. The molecule has 2 nitrogen and oxygen atoms in total. The predicted octanol–water partition coefficient (Wildman–Crippen LogP) is 3.77. The van der Waals surface area contributed by atoms with Gasteiger partial charge in [0.15, 0.2) is 4.34 Å². The molecule has 96 valence electrons. The summed E-state index contributed by atoms with van der Waals surface area (Å²) < 4.78 is 1.17. The molecule has 0 unspecified atom stereocenters. The molecule has 1 aromatic carbocycles. The van der Waals surface area contributed by atoms with Gasteiger partial charge in [-0.2, -0.15) is 0 Å². The molecule has 1 aromatic heterocycles. The van der Waals surface area contributed by atoms with Crippen molar-refractivity contribution in [1.29, 1.82) is 0 Å². The lowest BCUT2D eigenvalue weighted by Crippen LogP contribution is -2.14. The third-order valence-electron chi connectivity index (χ3n) is 2.59. The van der Waals surface area contributed by atoms with E-state index in [0.29, 0.717) is 0 Å². The Balaban J connectivity index is 2.08. The van der Waals surface area contributed by atoms with Crippen molar-refractivity contribution in [1.82, 2.24) is 9.88 Å². The first-order valence-corrected chi connectivity index (χ1v) is 7.77. The van der Waals surface area contributed by atoms with Crippen LogP contribution < -0.4 is 0 Å². The Morgan fingerprint density at radius 1 is 1.22 bits per heavy atom. The van der Waals surface area contributed by atoms with E-state index in [1.807, 2.05) is 17.8 Å². The maximum absolute atomic E-state index is 4.74. The molecular weight excluding hydrogens is 260 g/mol. The lowest BCUT2D eigenvalue weighted by molar-refractivity contribution is 0.437. The van der Waals surface area contributed by atoms with E-state index in [-0.39, 0.29) is 0 Å². The van der Waals surface area contributed by atoms with Crippen molar-refractivity contribution in [2.45, 2.75) is 11.3 Å². The molecule has 0 amide bonds. The summed E-state index contributed by atoms with van der Waals surface area (Å²) in [5, 5.41) is 0. The third-order valence-corrected chi connectivity index (χ3v) is 4.68. The zero-order chi connectivity index (χ0) is 13.0. The number of hydrogen-bond acceptors (Lipinski definition) is 4. The zero-order valence-electron chi connectivity index (χ0n) is 11.0. The lowest BCUT2D eigenvalue weighted by atomic mass is 10.1. The van der Waals surface area contributed by atoms with Gasteiger partial charge in [0.1, 0.15) is 0 Å². The summed E-state index contributed by atoms with van der Waals surface area (Å²) in [4.78, 5) is 8.24. The van der Waals surface area contributed by atoms with Crippen molar-refractivity contribution in [2.24, 2.45) is 0 Å². The molecule has 0 saturated heterocycles. The number of benzene rings is 1. The van der Waals surface area contributed by atoms with Crippen LogP contribution in [0.3, 0.4) is 0 Å². The number of thioether (sulfide) groups is 1. The summed E-state index contributed by atoms with van der Waals surface area (Å²) in [6, 6.07) is 10.4. The van der Waals surface area contributed by atoms with Gasteiger partial charge in [0.2, 0.25) is 0 Å². The molecule has 0 radical (unpaired) electrons. The molecule has 0 saturated carbocycles. The fourth-order valence-corrected chi connectivity index (χ4v) is 3.92. The van der Waals surface area contributed by atoms with Crippen LogP contribution in [0.15, 0.2) is 34.7 Å². The minimum Gasteiger partial charge on any atom is -0.309 e. The summed E-state index contributed by atoms with van der Waals surface area (Å²) in [5.41, 5.74) is 2.35. The lowest BCUT2D eigenvalue weighted by Gasteiger charge is -2.06. The zero-order valence-corrected chi connectivity index (χ0v) is 12.6. The molecule has 2 rings (SSSR count). The molecule has 0 aliphatic carbocycles.